The van der Waals surface area contributed by atoms with Crippen molar-refractivity contribution in [3.63, 3.8) is 0 Å². The standard InChI is InChI=1S/C15H29N5S.HI/c1-7-12-8-17-13(21-12)9-18-14(16-4)19-10-15(2,3)11-20(5)6;/h8H,7,9-11H2,1-6H3,(H2,16,18,19);1H. The van der Waals surface area contributed by atoms with Gasteiger partial charge in [0.05, 0.1) is 6.54 Å². The summed E-state index contributed by atoms with van der Waals surface area (Å²) >= 11 is 1.75. The van der Waals surface area contributed by atoms with Crippen LogP contribution in [-0.4, -0.2) is 50.1 Å². The molecule has 0 radical (unpaired) electrons. The van der Waals surface area contributed by atoms with Crippen LogP contribution in [0.2, 0.25) is 0 Å². The maximum absolute atomic E-state index is 4.41. The summed E-state index contributed by atoms with van der Waals surface area (Å²) in [6, 6.07) is 0. The van der Waals surface area contributed by atoms with E-state index in [0.29, 0.717) is 0 Å². The zero-order valence-electron chi connectivity index (χ0n) is 14.6. The molecule has 128 valence electrons. The van der Waals surface area contributed by atoms with Crippen LogP contribution in [0, 0.1) is 5.41 Å². The molecule has 1 rings (SSSR count). The van der Waals surface area contributed by atoms with Gasteiger partial charge in [-0.2, -0.15) is 0 Å². The fourth-order valence-electron chi connectivity index (χ4n) is 2.21. The van der Waals surface area contributed by atoms with Crippen LogP contribution in [0.5, 0.6) is 0 Å². The third-order valence-electron chi connectivity index (χ3n) is 3.06. The third-order valence-corrected chi connectivity index (χ3v) is 4.20. The summed E-state index contributed by atoms with van der Waals surface area (Å²) in [4.78, 5) is 12.2. The molecule has 1 aromatic heterocycles. The molecule has 0 aromatic carbocycles. The van der Waals surface area contributed by atoms with Gasteiger partial charge in [-0.05, 0) is 25.9 Å². The molecule has 5 nitrogen and oxygen atoms in total. The van der Waals surface area contributed by atoms with E-state index in [-0.39, 0.29) is 29.4 Å². The maximum Gasteiger partial charge on any atom is 0.191 e. The van der Waals surface area contributed by atoms with Crippen molar-refractivity contribution < 1.29 is 0 Å². The van der Waals surface area contributed by atoms with Crippen LogP contribution in [0.4, 0.5) is 0 Å². The Labute approximate surface area is 156 Å². The van der Waals surface area contributed by atoms with Crippen LogP contribution in [0.15, 0.2) is 11.2 Å². The second-order valence-electron chi connectivity index (χ2n) is 6.26. The topological polar surface area (TPSA) is 52.6 Å². The van der Waals surface area contributed by atoms with E-state index in [4.69, 9.17) is 0 Å². The van der Waals surface area contributed by atoms with Gasteiger partial charge in [0.2, 0.25) is 0 Å². The van der Waals surface area contributed by atoms with Gasteiger partial charge >= 0.3 is 0 Å². The maximum atomic E-state index is 4.41. The van der Waals surface area contributed by atoms with Crippen molar-refractivity contribution in [2.75, 3.05) is 34.2 Å². The van der Waals surface area contributed by atoms with Crippen LogP contribution in [-0.2, 0) is 13.0 Å². The van der Waals surface area contributed by atoms with Crippen LogP contribution in [0.25, 0.3) is 0 Å². The molecule has 22 heavy (non-hydrogen) atoms. The van der Waals surface area contributed by atoms with Crippen LogP contribution in [0.1, 0.15) is 30.7 Å². The second kappa shape index (κ2) is 10.4. The van der Waals surface area contributed by atoms with Gasteiger partial charge in [-0.15, -0.1) is 35.3 Å². The normalized spacial score (nSPS) is 12.2. The third kappa shape index (κ3) is 8.28. The fraction of sp³-hybridized carbons (Fsp3) is 0.733. The number of rotatable bonds is 7. The molecule has 0 bridgehead atoms. The lowest BCUT2D eigenvalue weighted by Crippen LogP contribution is -2.44. The van der Waals surface area contributed by atoms with Crippen molar-refractivity contribution >= 4 is 41.3 Å². The van der Waals surface area contributed by atoms with Crippen molar-refractivity contribution in [1.82, 2.24) is 20.5 Å². The van der Waals surface area contributed by atoms with Gasteiger partial charge in [0.1, 0.15) is 5.01 Å². The van der Waals surface area contributed by atoms with Crippen LogP contribution in [0.3, 0.4) is 0 Å². The van der Waals surface area contributed by atoms with Gasteiger partial charge < -0.3 is 15.5 Å². The summed E-state index contributed by atoms with van der Waals surface area (Å²) in [5, 5.41) is 7.82. The summed E-state index contributed by atoms with van der Waals surface area (Å²) in [5.74, 6) is 0.829. The highest BCUT2D eigenvalue weighted by Crippen LogP contribution is 2.14. The minimum absolute atomic E-state index is 0. The smallest absolute Gasteiger partial charge is 0.191 e. The van der Waals surface area contributed by atoms with E-state index in [1.165, 1.54) is 4.88 Å². The summed E-state index contributed by atoms with van der Waals surface area (Å²) < 4.78 is 0. The van der Waals surface area contributed by atoms with Crippen molar-refractivity contribution in [2.24, 2.45) is 10.4 Å². The molecule has 0 unspecified atom stereocenters. The number of nitrogens with zero attached hydrogens (tertiary/aromatic N) is 3. The number of hydrogen-bond donors (Lipinski definition) is 2. The Morgan fingerprint density at radius 3 is 2.55 bits per heavy atom. The van der Waals surface area contributed by atoms with E-state index in [2.05, 4.69) is 60.4 Å². The van der Waals surface area contributed by atoms with Gasteiger partial charge in [0.25, 0.3) is 0 Å². The molecular formula is C15H30IN5S. The lowest BCUT2D eigenvalue weighted by Gasteiger charge is -2.29. The number of nitrogens with one attached hydrogen (secondary N) is 2. The average Bonchev–Trinajstić information content (AvgIpc) is 2.85. The number of aryl methyl sites for hydroxylation is 1. The van der Waals surface area contributed by atoms with Gasteiger partial charge in [-0.25, -0.2) is 4.98 Å². The van der Waals surface area contributed by atoms with Gasteiger partial charge in [-0.3, -0.25) is 4.99 Å². The largest absolute Gasteiger partial charge is 0.356 e. The molecule has 7 heteroatoms. The molecule has 0 aliphatic carbocycles. The average molecular weight is 439 g/mol. The van der Waals surface area contributed by atoms with Crippen molar-refractivity contribution in [2.45, 2.75) is 33.7 Å². The van der Waals surface area contributed by atoms with Gasteiger partial charge in [-0.1, -0.05) is 20.8 Å². The predicted molar refractivity (Wildman–Crippen MR) is 107 cm³/mol. The molecule has 0 atom stereocenters. The highest BCUT2D eigenvalue weighted by molar-refractivity contribution is 14.0. The first-order valence-electron chi connectivity index (χ1n) is 7.39. The predicted octanol–water partition coefficient (Wildman–Crippen LogP) is 2.58. The molecule has 0 spiro atoms. The zero-order chi connectivity index (χ0) is 15.9. The van der Waals surface area contributed by atoms with Crippen molar-refractivity contribution in [1.29, 1.82) is 0 Å². The quantitative estimate of drug-likeness (QED) is 0.390. The number of halogens is 1. The molecule has 1 heterocycles. The minimum atomic E-state index is 0. The molecule has 0 fully saturated rings. The van der Waals surface area contributed by atoms with Gasteiger partial charge in [0.15, 0.2) is 5.96 Å². The zero-order valence-corrected chi connectivity index (χ0v) is 17.7. The molecule has 0 amide bonds. The molecule has 0 saturated carbocycles. The minimum Gasteiger partial charge on any atom is -0.356 e. The van der Waals surface area contributed by atoms with Crippen LogP contribution < -0.4 is 10.6 Å². The van der Waals surface area contributed by atoms with E-state index in [0.717, 1.165) is 37.0 Å². The Morgan fingerprint density at radius 1 is 1.36 bits per heavy atom. The SMILES string of the molecule is CCc1cnc(CNC(=NC)NCC(C)(C)CN(C)C)s1.I. The van der Waals surface area contributed by atoms with Crippen molar-refractivity contribution in [3.8, 4) is 0 Å². The highest BCUT2D eigenvalue weighted by Gasteiger charge is 2.19. The summed E-state index contributed by atoms with van der Waals surface area (Å²) in [6.07, 6.45) is 3.00. The molecular weight excluding hydrogens is 409 g/mol. The van der Waals surface area contributed by atoms with E-state index in [1.807, 2.05) is 6.20 Å². The number of aromatic nitrogens is 1. The molecule has 1 aromatic rings. The monoisotopic (exact) mass is 439 g/mol. The first kappa shape index (κ1) is 21.6. The van der Waals surface area contributed by atoms with Crippen molar-refractivity contribution in [3.05, 3.63) is 16.1 Å². The Morgan fingerprint density at radius 2 is 2.05 bits per heavy atom. The first-order chi connectivity index (χ1) is 9.86. The molecule has 0 aliphatic heterocycles. The van der Waals surface area contributed by atoms with Gasteiger partial charge in [0, 0.05) is 31.2 Å². The number of thiazole rings is 1. The first-order valence-corrected chi connectivity index (χ1v) is 8.21. The lowest BCUT2D eigenvalue weighted by molar-refractivity contribution is 0.241. The summed E-state index contributed by atoms with van der Waals surface area (Å²) in [6.45, 7) is 9.28. The van der Waals surface area contributed by atoms with E-state index in [1.54, 1.807) is 18.4 Å². The number of guanidine groups is 1. The Bertz CT molecular complexity index is 457. The Hall–Kier alpha value is -0.410. The molecule has 0 aliphatic rings. The van der Waals surface area contributed by atoms with Crippen LogP contribution >= 0.6 is 35.3 Å². The highest BCUT2D eigenvalue weighted by atomic mass is 127. The Balaban J connectivity index is 0.00000441. The molecule has 2 N–H and O–H groups in total. The number of aliphatic imine (C=N–C) groups is 1. The van der Waals surface area contributed by atoms with E-state index >= 15 is 0 Å². The summed E-state index contributed by atoms with van der Waals surface area (Å²) in [7, 11) is 6.00. The second-order valence-corrected chi connectivity index (χ2v) is 7.45. The fourth-order valence-corrected chi connectivity index (χ4v) is 3.01. The summed E-state index contributed by atoms with van der Waals surface area (Å²) in [5.41, 5.74) is 0.192. The lowest BCUT2D eigenvalue weighted by atomic mass is 9.93. The van der Waals surface area contributed by atoms with E-state index < -0.39 is 0 Å². The Kier molecular flexibility index (Phi) is 10.2. The van der Waals surface area contributed by atoms with E-state index in [9.17, 15) is 0 Å². The number of hydrogen-bond acceptors (Lipinski definition) is 4. The molecule has 0 saturated heterocycles.